The van der Waals surface area contributed by atoms with E-state index in [1.165, 1.54) is 15.3 Å². The van der Waals surface area contributed by atoms with Crippen molar-refractivity contribution < 1.29 is 0 Å². The lowest BCUT2D eigenvalue weighted by atomic mass is 10.1. The van der Waals surface area contributed by atoms with Gasteiger partial charge in [-0.1, -0.05) is 12.1 Å². The molecule has 0 fully saturated rings. The van der Waals surface area contributed by atoms with E-state index in [0.717, 1.165) is 19.4 Å². The minimum absolute atomic E-state index is 0.408. The van der Waals surface area contributed by atoms with Crippen molar-refractivity contribution in [3.05, 3.63) is 74.9 Å². The maximum absolute atomic E-state index is 4.06. The van der Waals surface area contributed by atoms with E-state index in [0.29, 0.717) is 6.04 Å². The van der Waals surface area contributed by atoms with Crippen molar-refractivity contribution >= 4 is 22.7 Å². The second-order valence-corrected chi connectivity index (χ2v) is 6.92. The topological polar surface area (TPSA) is 24.9 Å². The lowest BCUT2D eigenvalue weighted by Gasteiger charge is -2.17. The Kier molecular flexibility index (Phi) is 5.16. The first-order chi connectivity index (χ1) is 10.4. The third-order valence-electron chi connectivity index (χ3n) is 3.43. The van der Waals surface area contributed by atoms with Gasteiger partial charge in [0.2, 0.25) is 0 Å². The fourth-order valence-corrected chi connectivity index (χ4v) is 3.89. The Morgan fingerprint density at radius 1 is 1.00 bits per heavy atom. The molecule has 0 aliphatic heterocycles. The molecule has 0 aliphatic carbocycles. The summed E-state index contributed by atoms with van der Waals surface area (Å²) in [6, 6.07) is 13.3. The van der Waals surface area contributed by atoms with Crippen molar-refractivity contribution in [2.75, 3.05) is 6.54 Å². The molecule has 2 nitrogen and oxygen atoms in total. The Morgan fingerprint density at radius 2 is 1.81 bits per heavy atom. The van der Waals surface area contributed by atoms with E-state index in [1.54, 1.807) is 0 Å². The normalized spacial score (nSPS) is 12.4. The van der Waals surface area contributed by atoms with Crippen molar-refractivity contribution in [3.63, 3.8) is 0 Å². The van der Waals surface area contributed by atoms with Gasteiger partial charge in [0.15, 0.2) is 0 Å². The van der Waals surface area contributed by atoms with Gasteiger partial charge in [0.25, 0.3) is 0 Å². The maximum Gasteiger partial charge on any atom is 0.0463 e. The van der Waals surface area contributed by atoms with Crippen molar-refractivity contribution in [3.8, 4) is 0 Å². The Balaban J connectivity index is 1.60. The second kappa shape index (κ2) is 7.50. The highest BCUT2D eigenvalue weighted by molar-refractivity contribution is 7.10. The molecule has 0 spiro atoms. The predicted octanol–water partition coefficient (Wildman–Crippen LogP) is 4.32. The highest BCUT2D eigenvalue weighted by Crippen LogP contribution is 2.24. The molecule has 1 atom stereocenters. The lowest BCUT2D eigenvalue weighted by molar-refractivity contribution is 0.544. The van der Waals surface area contributed by atoms with Gasteiger partial charge in [-0.05, 0) is 53.6 Å². The average molecular weight is 314 g/mol. The molecule has 0 radical (unpaired) electrons. The summed E-state index contributed by atoms with van der Waals surface area (Å²) in [5.74, 6) is 0. The summed E-state index contributed by atoms with van der Waals surface area (Å²) < 4.78 is 0. The summed E-state index contributed by atoms with van der Waals surface area (Å²) in [7, 11) is 0. The Labute approximate surface area is 133 Å². The number of hydrogen-bond acceptors (Lipinski definition) is 4. The van der Waals surface area contributed by atoms with Gasteiger partial charge in [-0.2, -0.15) is 0 Å². The first kappa shape index (κ1) is 14.4. The molecule has 1 unspecified atom stereocenters. The average Bonchev–Trinajstić information content (AvgIpc) is 3.21. The van der Waals surface area contributed by atoms with Gasteiger partial charge < -0.3 is 5.32 Å². The number of nitrogens with zero attached hydrogens (tertiary/aromatic N) is 1. The van der Waals surface area contributed by atoms with Crippen LogP contribution in [-0.4, -0.2) is 11.5 Å². The maximum atomic E-state index is 4.06. The van der Waals surface area contributed by atoms with Crippen LogP contribution in [-0.2, 0) is 12.8 Å². The predicted molar refractivity (Wildman–Crippen MR) is 91.0 cm³/mol. The molecule has 0 saturated heterocycles. The largest absolute Gasteiger partial charge is 0.309 e. The summed E-state index contributed by atoms with van der Waals surface area (Å²) in [5.41, 5.74) is 1.33. The van der Waals surface area contributed by atoms with Crippen LogP contribution in [0.2, 0.25) is 0 Å². The molecule has 3 rings (SSSR count). The SMILES string of the molecule is c1csc(CC(NCCc2ccncc2)c2cccs2)c1. The van der Waals surface area contributed by atoms with E-state index < -0.39 is 0 Å². The van der Waals surface area contributed by atoms with Gasteiger partial charge in [0.1, 0.15) is 0 Å². The van der Waals surface area contributed by atoms with Crippen LogP contribution in [0.25, 0.3) is 0 Å². The molecule has 0 aromatic carbocycles. The second-order valence-electron chi connectivity index (χ2n) is 4.91. The fourth-order valence-electron chi connectivity index (χ4n) is 2.33. The number of aromatic nitrogens is 1. The first-order valence-corrected chi connectivity index (χ1v) is 8.86. The van der Waals surface area contributed by atoms with Crippen LogP contribution in [0.3, 0.4) is 0 Å². The number of hydrogen-bond donors (Lipinski definition) is 1. The van der Waals surface area contributed by atoms with Gasteiger partial charge in [0, 0.05) is 34.6 Å². The van der Waals surface area contributed by atoms with Crippen LogP contribution in [0, 0.1) is 0 Å². The van der Waals surface area contributed by atoms with Gasteiger partial charge in [-0.15, -0.1) is 22.7 Å². The fraction of sp³-hybridized carbons (Fsp3) is 0.235. The van der Waals surface area contributed by atoms with Crippen LogP contribution in [0.4, 0.5) is 0 Å². The summed E-state index contributed by atoms with van der Waals surface area (Å²) in [6.07, 6.45) is 5.82. The van der Waals surface area contributed by atoms with Crippen LogP contribution in [0.5, 0.6) is 0 Å². The third kappa shape index (κ3) is 4.24. The molecule has 0 saturated carbocycles. The number of thiophene rings is 2. The number of pyridine rings is 1. The standard InChI is InChI=1S/C17H18N2S2/c1-3-15(20-11-1)13-16(17-4-2-12-21-17)19-10-7-14-5-8-18-9-6-14/h1-6,8-9,11-12,16,19H,7,10,13H2. The molecule has 0 aliphatic rings. The summed E-state index contributed by atoms with van der Waals surface area (Å²) in [4.78, 5) is 6.91. The van der Waals surface area contributed by atoms with Crippen LogP contribution >= 0.6 is 22.7 Å². The van der Waals surface area contributed by atoms with Gasteiger partial charge in [-0.25, -0.2) is 0 Å². The van der Waals surface area contributed by atoms with Gasteiger partial charge in [-0.3, -0.25) is 4.98 Å². The first-order valence-electron chi connectivity index (χ1n) is 7.10. The molecule has 21 heavy (non-hydrogen) atoms. The Hall–Kier alpha value is -1.49. The zero-order valence-corrected chi connectivity index (χ0v) is 13.4. The highest BCUT2D eigenvalue weighted by atomic mass is 32.1. The zero-order valence-electron chi connectivity index (χ0n) is 11.7. The number of rotatable bonds is 7. The quantitative estimate of drug-likeness (QED) is 0.702. The molecule has 0 bridgehead atoms. The van der Waals surface area contributed by atoms with E-state index in [1.807, 2.05) is 35.1 Å². The highest BCUT2D eigenvalue weighted by Gasteiger charge is 2.13. The van der Waals surface area contributed by atoms with Crippen molar-refractivity contribution in [1.82, 2.24) is 10.3 Å². The van der Waals surface area contributed by atoms with Crippen molar-refractivity contribution in [1.29, 1.82) is 0 Å². The van der Waals surface area contributed by atoms with E-state index in [2.05, 4.69) is 57.5 Å². The molecule has 4 heteroatoms. The molecule has 3 aromatic rings. The monoisotopic (exact) mass is 314 g/mol. The summed E-state index contributed by atoms with van der Waals surface area (Å²) >= 11 is 3.67. The molecular formula is C17H18N2S2. The van der Waals surface area contributed by atoms with Crippen molar-refractivity contribution in [2.45, 2.75) is 18.9 Å². The summed E-state index contributed by atoms with van der Waals surface area (Å²) in [6.45, 7) is 0.984. The molecular weight excluding hydrogens is 296 g/mol. The van der Waals surface area contributed by atoms with E-state index in [4.69, 9.17) is 0 Å². The van der Waals surface area contributed by atoms with Crippen LogP contribution in [0.1, 0.15) is 21.4 Å². The van der Waals surface area contributed by atoms with E-state index in [9.17, 15) is 0 Å². The van der Waals surface area contributed by atoms with E-state index in [-0.39, 0.29) is 0 Å². The lowest BCUT2D eigenvalue weighted by Crippen LogP contribution is -2.24. The van der Waals surface area contributed by atoms with Gasteiger partial charge in [0.05, 0.1) is 0 Å². The van der Waals surface area contributed by atoms with Crippen LogP contribution < -0.4 is 5.32 Å². The summed E-state index contributed by atoms with van der Waals surface area (Å²) in [5, 5.41) is 8.01. The minimum Gasteiger partial charge on any atom is -0.309 e. The van der Waals surface area contributed by atoms with Gasteiger partial charge >= 0.3 is 0 Å². The van der Waals surface area contributed by atoms with Crippen molar-refractivity contribution in [2.24, 2.45) is 0 Å². The molecule has 3 heterocycles. The minimum atomic E-state index is 0.408. The van der Waals surface area contributed by atoms with E-state index >= 15 is 0 Å². The molecule has 108 valence electrons. The Bertz CT molecular complexity index is 618. The smallest absolute Gasteiger partial charge is 0.0463 e. The third-order valence-corrected chi connectivity index (χ3v) is 5.31. The molecule has 0 amide bonds. The molecule has 3 aromatic heterocycles. The molecule has 1 N–H and O–H groups in total. The van der Waals surface area contributed by atoms with Crippen LogP contribution in [0.15, 0.2) is 59.6 Å². The Morgan fingerprint density at radius 3 is 2.52 bits per heavy atom. The zero-order chi connectivity index (χ0) is 14.3. The number of nitrogens with one attached hydrogen (secondary N) is 1.